The molecule has 3 heterocycles. The summed E-state index contributed by atoms with van der Waals surface area (Å²) in [6, 6.07) is 9.97. The Labute approximate surface area is 139 Å². The van der Waals surface area contributed by atoms with Gasteiger partial charge in [-0.3, -0.25) is 4.79 Å². The van der Waals surface area contributed by atoms with Crippen LogP contribution in [0.5, 0.6) is 0 Å². The molecule has 24 heavy (non-hydrogen) atoms. The van der Waals surface area contributed by atoms with Gasteiger partial charge in [0.05, 0.1) is 0 Å². The Morgan fingerprint density at radius 2 is 2.21 bits per heavy atom. The molecule has 1 saturated heterocycles. The first-order chi connectivity index (χ1) is 11.7. The van der Waals surface area contributed by atoms with E-state index < -0.39 is 6.10 Å². The second-order valence-corrected chi connectivity index (χ2v) is 6.13. The van der Waals surface area contributed by atoms with Crippen molar-refractivity contribution in [1.82, 2.24) is 9.97 Å². The van der Waals surface area contributed by atoms with Gasteiger partial charge in [-0.1, -0.05) is 19.1 Å². The molecule has 2 aromatic heterocycles. The van der Waals surface area contributed by atoms with Crippen molar-refractivity contribution in [2.75, 3.05) is 11.4 Å². The van der Waals surface area contributed by atoms with Crippen LogP contribution in [-0.4, -0.2) is 33.6 Å². The second kappa shape index (κ2) is 5.76. The minimum atomic E-state index is -0.876. The standard InChI is InChI=1S/C19H19N3O2/c1-2-12-10-20-18-16(12)9-14(11-21-18)13-4-3-5-15(8-13)22-7-6-17(23)19(22)24/h3-5,8-11,17,23H,2,6-7H2,1H3,(H,20,21). The van der Waals surface area contributed by atoms with Gasteiger partial charge in [0.2, 0.25) is 0 Å². The normalized spacial score (nSPS) is 17.8. The fourth-order valence-corrected chi connectivity index (χ4v) is 3.28. The van der Waals surface area contributed by atoms with Gasteiger partial charge in [0.25, 0.3) is 5.91 Å². The van der Waals surface area contributed by atoms with Crippen molar-refractivity contribution >= 4 is 22.6 Å². The second-order valence-electron chi connectivity index (χ2n) is 6.13. The quantitative estimate of drug-likeness (QED) is 0.779. The Balaban J connectivity index is 1.74. The summed E-state index contributed by atoms with van der Waals surface area (Å²) in [5.41, 5.74) is 4.99. The maximum atomic E-state index is 12.0. The number of anilines is 1. The number of rotatable bonds is 3. The zero-order valence-corrected chi connectivity index (χ0v) is 13.5. The summed E-state index contributed by atoms with van der Waals surface area (Å²) in [7, 11) is 0. The minimum absolute atomic E-state index is 0.223. The van der Waals surface area contributed by atoms with Crippen molar-refractivity contribution in [2.45, 2.75) is 25.9 Å². The summed E-state index contributed by atoms with van der Waals surface area (Å²) in [6.45, 7) is 2.68. The summed E-state index contributed by atoms with van der Waals surface area (Å²) in [5, 5.41) is 10.8. The number of carbonyl (C=O) groups excluding carboxylic acids is 1. The van der Waals surface area contributed by atoms with Crippen molar-refractivity contribution in [3.8, 4) is 11.1 Å². The van der Waals surface area contributed by atoms with Gasteiger partial charge in [-0.15, -0.1) is 0 Å². The number of aromatic nitrogens is 2. The number of aliphatic hydroxyl groups excluding tert-OH is 1. The average molecular weight is 321 g/mol. The summed E-state index contributed by atoms with van der Waals surface area (Å²) < 4.78 is 0. The summed E-state index contributed by atoms with van der Waals surface area (Å²) in [6.07, 6.45) is 4.41. The third-order valence-electron chi connectivity index (χ3n) is 4.67. The first-order valence-corrected chi connectivity index (χ1v) is 8.23. The highest BCUT2D eigenvalue weighted by atomic mass is 16.3. The number of fused-ring (bicyclic) bond motifs is 1. The number of H-pyrrole nitrogens is 1. The van der Waals surface area contributed by atoms with Gasteiger partial charge in [-0.25, -0.2) is 4.98 Å². The molecule has 0 bridgehead atoms. The van der Waals surface area contributed by atoms with E-state index in [0.717, 1.165) is 34.3 Å². The van der Waals surface area contributed by atoms with Gasteiger partial charge in [0, 0.05) is 42.0 Å². The van der Waals surface area contributed by atoms with Crippen LogP contribution in [0.4, 0.5) is 5.69 Å². The molecule has 0 aliphatic carbocycles. The van der Waals surface area contributed by atoms with Gasteiger partial charge in [0.15, 0.2) is 0 Å². The van der Waals surface area contributed by atoms with Crippen LogP contribution in [-0.2, 0) is 11.2 Å². The number of carbonyl (C=O) groups is 1. The fourth-order valence-electron chi connectivity index (χ4n) is 3.28. The van der Waals surface area contributed by atoms with E-state index in [1.807, 2.05) is 36.7 Å². The topological polar surface area (TPSA) is 69.2 Å². The molecule has 1 atom stereocenters. The first kappa shape index (κ1) is 14.9. The third-order valence-corrected chi connectivity index (χ3v) is 4.67. The number of aliphatic hydroxyl groups is 1. The van der Waals surface area contributed by atoms with E-state index in [-0.39, 0.29) is 5.91 Å². The van der Waals surface area contributed by atoms with E-state index in [2.05, 4.69) is 23.0 Å². The number of aryl methyl sites for hydroxylation is 1. The van der Waals surface area contributed by atoms with Gasteiger partial charge in [-0.2, -0.15) is 0 Å². The van der Waals surface area contributed by atoms with E-state index in [0.29, 0.717) is 13.0 Å². The highest BCUT2D eigenvalue weighted by Crippen LogP contribution is 2.29. The molecule has 5 heteroatoms. The number of nitrogens with zero attached hydrogens (tertiary/aromatic N) is 2. The lowest BCUT2D eigenvalue weighted by molar-refractivity contribution is -0.123. The monoisotopic (exact) mass is 321 g/mol. The van der Waals surface area contributed by atoms with Crippen LogP contribution in [0.1, 0.15) is 18.9 Å². The number of amides is 1. The van der Waals surface area contributed by atoms with Crippen molar-refractivity contribution in [3.63, 3.8) is 0 Å². The highest BCUT2D eigenvalue weighted by molar-refractivity contribution is 5.99. The number of aromatic amines is 1. The van der Waals surface area contributed by atoms with Gasteiger partial charge in [0.1, 0.15) is 11.8 Å². The molecule has 1 unspecified atom stereocenters. The van der Waals surface area contributed by atoms with E-state index in [4.69, 9.17) is 0 Å². The molecule has 3 aromatic rings. The SMILES string of the molecule is CCc1c[nH]c2ncc(-c3cccc(N4CCC(O)C4=O)c3)cc12. The van der Waals surface area contributed by atoms with Crippen LogP contribution in [0.15, 0.2) is 42.7 Å². The smallest absolute Gasteiger partial charge is 0.255 e. The van der Waals surface area contributed by atoms with Crippen LogP contribution in [0.2, 0.25) is 0 Å². The molecule has 0 spiro atoms. The molecule has 122 valence electrons. The summed E-state index contributed by atoms with van der Waals surface area (Å²) in [4.78, 5) is 21.4. The van der Waals surface area contributed by atoms with Crippen molar-refractivity contribution < 1.29 is 9.90 Å². The number of hydrogen-bond acceptors (Lipinski definition) is 3. The molecule has 0 radical (unpaired) electrons. The molecule has 4 rings (SSSR count). The molecule has 5 nitrogen and oxygen atoms in total. The summed E-state index contributed by atoms with van der Waals surface area (Å²) in [5.74, 6) is -0.223. The Morgan fingerprint density at radius 3 is 2.96 bits per heavy atom. The number of pyridine rings is 1. The van der Waals surface area contributed by atoms with Crippen LogP contribution >= 0.6 is 0 Å². The Kier molecular flexibility index (Phi) is 3.58. The Bertz CT molecular complexity index is 916. The summed E-state index contributed by atoms with van der Waals surface area (Å²) >= 11 is 0. The maximum Gasteiger partial charge on any atom is 0.255 e. The molecule has 1 fully saturated rings. The zero-order chi connectivity index (χ0) is 16.7. The zero-order valence-electron chi connectivity index (χ0n) is 13.5. The Morgan fingerprint density at radius 1 is 1.33 bits per heavy atom. The van der Waals surface area contributed by atoms with Crippen LogP contribution in [0.25, 0.3) is 22.2 Å². The number of nitrogens with one attached hydrogen (secondary N) is 1. The van der Waals surface area contributed by atoms with Crippen molar-refractivity contribution in [2.24, 2.45) is 0 Å². The highest BCUT2D eigenvalue weighted by Gasteiger charge is 2.30. The molecule has 2 N–H and O–H groups in total. The van der Waals surface area contributed by atoms with Crippen LogP contribution < -0.4 is 4.90 Å². The van der Waals surface area contributed by atoms with E-state index in [1.165, 1.54) is 5.56 Å². The van der Waals surface area contributed by atoms with Gasteiger partial charge < -0.3 is 15.0 Å². The predicted octanol–water partition coefficient (Wildman–Crippen LogP) is 2.89. The van der Waals surface area contributed by atoms with Gasteiger partial charge >= 0.3 is 0 Å². The van der Waals surface area contributed by atoms with Crippen molar-refractivity contribution in [3.05, 3.63) is 48.3 Å². The molecule has 1 aliphatic rings. The molecule has 1 aromatic carbocycles. The van der Waals surface area contributed by atoms with Gasteiger partial charge in [-0.05, 0) is 35.7 Å². The fraction of sp³-hybridized carbons (Fsp3) is 0.263. The molecule has 0 saturated carbocycles. The van der Waals surface area contributed by atoms with Crippen molar-refractivity contribution in [1.29, 1.82) is 0 Å². The predicted molar refractivity (Wildman–Crippen MR) is 93.9 cm³/mol. The lowest BCUT2D eigenvalue weighted by Crippen LogP contribution is -2.28. The first-order valence-electron chi connectivity index (χ1n) is 8.23. The molecular formula is C19H19N3O2. The largest absolute Gasteiger partial charge is 0.383 e. The Hall–Kier alpha value is -2.66. The van der Waals surface area contributed by atoms with E-state index in [1.54, 1.807) is 4.90 Å². The lowest BCUT2D eigenvalue weighted by Gasteiger charge is -2.17. The van der Waals surface area contributed by atoms with Crippen LogP contribution in [0.3, 0.4) is 0 Å². The van der Waals surface area contributed by atoms with E-state index in [9.17, 15) is 9.90 Å². The lowest BCUT2D eigenvalue weighted by atomic mass is 10.0. The minimum Gasteiger partial charge on any atom is -0.383 e. The molecule has 1 amide bonds. The molecule has 1 aliphatic heterocycles. The van der Waals surface area contributed by atoms with E-state index >= 15 is 0 Å². The third kappa shape index (κ3) is 2.37. The maximum absolute atomic E-state index is 12.0. The number of hydrogen-bond donors (Lipinski definition) is 2. The van der Waals surface area contributed by atoms with Crippen LogP contribution in [0, 0.1) is 0 Å². The number of benzene rings is 1. The average Bonchev–Trinajstić information content (AvgIpc) is 3.18. The molecular weight excluding hydrogens is 302 g/mol.